The van der Waals surface area contributed by atoms with Crippen LogP contribution in [0.4, 0.5) is 8.78 Å². The number of hydrogen-bond donors (Lipinski definition) is 1. The zero-order chi connectivity index (χ0) is 15.9. The quantitative estimate of drug-likeness (QED) is 0.829. The first-order valence-corrected chi connectivity index (χ1v) is 7.32. The van der Waals surface area contributed by atoms with Crippen LogP contribution in [0, 0.1) is 6.92 Å². The summed E-state index contributed by atoms with van der Waals surface area (Å²) in [7, 11) is 0. The summed E-state index contributed by atoms with van der Waals surface area (Å²) >= 11 is 1.50. The monoisotopic (exact) mass is 324 g/mol. The fraction of sp³-hybridized carbons (Fsp3) is 0.200. The second kappa shape index (κ2) is 7.65. The van der Waals surface area contributed by atoms with Crippen molar-refractivity contribution in [3.8, 4) is 5.75 Å². The molecule has 1 N–H and O–H groups in total. The van der Waals surface area contributed by atoms with Crippen LogP contribution >= 0.6 is 11.3 Å². The molecule has 7 heteroatoms. The van der Waals surface area contributed by atoms with Gasteiger partial charge in [-0.05, 0) is 30.7 Å². The van der Waals surface area contributed by atoms with E-state index in [4.69, 9.17) is 0 Å². The number of ether oxygens (including phenoxy) is 1. The Hall–Kier alpha value is -2.28. The maximum absolute atomic E-state index is 12.1. The van der Waals surface area contributed by atoms with Gasteiger partial charge in [0.1, 0.15) is 5.75 Å². The van der Waals surface area contributed by atoms with Crippen molar-refractivity contribution in [3.63, 3.8) is 0 Å². The third-order valence-electron chi connectivity index (χ3n) is 2.63. The van der Waals surface area contributed by atoms with Gasteiger partial charge in [0.05, 0.1) is 10.7 Å². The van der Waals surface area contributed by atoms with Gasteiger partial charge in [-0.15, -0.1) is 11.3 Å². The fourth-order valence-electron chi connectivity index (χ4n) is 1.70. The largest absolute Gasteiger partial charge is 0.435 e. The van der Waals surface area contributed by atoms with E-state index in [2.05, 4.69) is 15.0 Å². The molecule has 0 unspecified atom stereocenters. The normalized spacial score (nSPS) is 11.1. The first kappa shape index (κ1) is 16.1. The molecule has 0 spiro atoms. The van der Waals surface area contributed by atoms with Crippen molar-refractivity contribution in [2.24, 2.45) is 0 Å². The van der Waals surface area contributed by atoms with E-state index in [0.29, 0.717) is 5.56 Å². The summed E-state index contributed by atoms with van der Waals surface area (Å²) in [5.74, 6) is -0.221. The molecule has 0 aliphatic carbocycles. The number of aromatic nitrogens is 1. The Labute approximate surface area is 130 Å². The number of hydrogen-bond acceptors (Lipinski definition) is 4. The van der Waals surface area contributed by atoms with Crippen LogP contribution < -0.4 is 10.1 Å². The number of nitrogens with zero attached hydrogens (tertiary/aromatic N) is 1. The summed E-state index contributed by atoms with van der Waals surface area (Å²) in [5, 5.41) is 5.44. The smallest absolute Gasteiger partial charge is 0.387 e. The number of carbonyl (C=O) groups is 1. The van der Waals surface area contributed by atoms with Crippen molar-refractivity contribution < 1.29 is 18.3 Å². The number of aryl methyl sites for hydroxylation is 1. The van der Waals surface area contributed by atoms with Gasteiger partial charge in [0.15, 0.2) is 0 Å². The number of thiazole rings is 1. The lowest BCUT2D eigenvalue weighted by molar-refractivity contribution is -0.116. The Morgan fingerprint density at radius 2 is 2.32 bits per heavy atom. The van der Waals surface area contributed by atoms with E-state index in [1.165, 1.54) is 29.5 Å². The van der Waals surface area contributed by atoms with Crippen molar-refractivity contribution in [2.75, 3.05) is 0 Å². The predicted molar refractivity (Wildman–Crippen MR) is 80.8 cm³/mol. The highest BCUT2D eigenvalue weighted by Crippen LogP contribution is 2.15. The molecule has 0 atom stereocenters. The van der Waals surface area contributed by atoms with Gasteiger partial charge in [0.2, 0.25) is 5.91 Å². The molecule has 116 valence electrons. The SMILES string of the molecule is Cc1nc(C=CC(=O)NCc2cccc(OC(F)F)c2)cs1. The molecule has 0 radical (unpaired) electrons. The van der Waals surface area contributed by atoms with Crippen LogP contribution in [0.1, 0.15) is 16.3 Å². The van der Waals surface area contributed by atoms with Crippen LogP contribution in [0.2, 0.25) is 0 Å². The molecular weight excluding hydrogens is 310 g/mol. The van der Waals surface area contributed by atoms with E-state index < -0.39 is 6.61 Å². The number of carbonyl (C=O) groups excluding carboxylic acids is 1. The van der Waals surface area contributed by atoms with Crippen LogP contribution in [-0.2, 0) is 11.3 Å². The van der Waals surface area contributed by atoms with Crippen molar-refractivity contribution in [2.45, 2.75) is 20.1 Å². The van der Waals surface area contributed by atoms with Crippen molar-refractivity contribution >= 4 is 23.3 Å². The molecule has 2 rings (SSSR count). The highest BCUT2D eigenvalue weighted by atomic mass is 32.1. The molecule has 2 aromatic rings. The van der Waals surface area contributed by atoms with Gasteiger partial charge in [0, 0.05) is 18.0 Å². The zero-order valence-corrected chi connectivity index (χ0v) is 12.6. The van der Waals surface area contributed by atoms with Crippen molar-refractivity contribution in [1.29, 1.82) is 0 Å². The third kappa shape index (κ3) is 5.25. The lowest BCUT2D eigenvalue weighted by Gasteiger charge is -2.07. The van der Waals surface area contributed by atoms with E-state index in [1.54, 1.807) is 18.2 Å². The lowest BCUT2D eigenvalue weighted by atomic mass is 10.2. The van der Waals surface area contributed by atoms with Gasteiger partial charge in [-0.1, -0.05) is 12.1 Å². The molecule has 1 amide bonds. The molecule has 0 bridgehead atoms. The fourth-order valence-corrected chi connectivity index (χ4v) is 2.28. The standard InChI is InChI=1S/C15H14F2N2O2S/c1-10-19-12(9-22-10)5-6-14(20)18-8-11-3-2-4-13(7-11)21-15(16)17/h2-7,9,15H,8H2,1H3,(H,18,20). The molecule has 1 aromatic carbocycles. The van der Waals surface area contributed by atoms with Gasteiger partial charge in [-0.2, -0.15) is 8.78 Å². The first-order chi connectivity index (χ1) is 10.5. The Bertz CT molecular complexity index is 671. The topological polar surface area (TPSA) is 51.2 Å². The van der Waals surface area contributed by atoms with Crippen molar-refractivity contribution in [1.82, 2.24) is 10.3 Å². The molecule has 0 saturated carbocycles. The maximum Gasteiger partial charge on any atom is 0.387 e. The first-order valence-electron chi connectivity index (χ1n) is 6.45. The number of amides is 1. The van der Waals surface area contributed by atoms with E-state index in [0.717, 1.165) is 10.7 Å². The average Bonchev–Trinajstić information content (AvgIpc) is 2.88. The molecule has 0 aliphatic rings. The summed E-state index contributed by atoms with van der Waals surface area (Å²) in [6, 6.07) is 6.20. The Morgan fingerprint density at radius 3 is 3.00 bits per heavy atom. The maximum atomic E-state index is 12.1. The third-order valence-corrected chi connectivity index (χ3v) is 3.42. The van der Waals surface area contributed by atoms with E-state index in [-0.39, 0.29) is 18.2 Å². The molecule has 0 aliphatic heterocycles. The predicted octanol–water partition coefficient (Wildman–Crippen LogP) is 3.38. The summed E-state index contributed by atoms with van der Waals surface area (Å²) in [5.41, 5.74) is 1.40. The van der Waals surface area contributed by atoms with E-state index in [1.807, 2.05) is 12.3 Å². The number of rotatable bonds is 6. The minimum Gasteiger partial charge on any atom is -0.435 e. The Kier molecular flexibility index (Phi) is 5.60. The van der Waals surface area contributed by atoms with Crippen LogP contribution in [0.15, 0.2) is 35.7 Å². The summed E-state index contributed by atoms with van der Waals surface area (Å²) in [6.45, 7) is -0.759. The lowest BCUT2D eigenvalue weighted by Crippen LogP contribution is -2.20. The number of alkyl halides is 2. The summed E-state index contributed by atoms with van der Waals surface area (Å²) < 4.78 is 28.5. The minimum atomic E-state index is -2.87. The molecule has 4 nitrogen and oxygen atoms in total. The minimum absolute atomic E-state index is 0.0650. The highest BCUT2D eigenvalue weighted by Gasteiger charge is 2.05. The number of benzene rings is 1. The Morgan fingerprint density at radius 1 is 1.50 bits per heavy atom. The molecule has 0 fully saturated rings. The Balaban J connectivity index is 1.87. The number of halogens is 2. The summed E-state index contributed by atoms with van der Waals surface area (Å²) in [6.07, 6.45) is 3.00. The van der Waals surface area contributed by atoms with Gasteiger partial charge >= 0.3 is 6.61 Å². The van der Waals surface area contributed by atoms with Crippen LogP contribution in [0.25, 0.3) is 6.08 Å². The van der Waals surface area contributed by atoms with E-state index >= 15 is 0 Å². The van der Waals surface area contributed by atoms with E-state index in [9.17, 15) is 13.6 Å². The number of nitrogens with one attached hydrogen (secondary N) is 1. The van der Waals surface area contributed by atoms with Crippen LogP contribution in [0.3, 0.4) is 0 Å². The van der Waals surface area contributed by atoms with Gasteiger partial charge in [-0.25, -0.2) is 4.98 Å². The molecular formula is C15H14F2N2O2S. The summed E-state index contributed by atoms with van der Waals surface area (Å²) in [4.78, 5) is 15.9. The van der Waals surface area contributed by atoms with Crippen LogP contribution in [-0.4, -0.2) is 17.5 Å². The van der Waals surface area contributed by atoms with Crippen molar-refractivity contribution in [3.05, 3.63) is 52.0 Å². The molecule has 1 heterocycles. The molecule has 22 heavy (non-hydrogen) atoms. The highest BCUT2D eigenvalue weighted by molar-refractivity contribution is 7.09. The van der Waals surface area contributed by atoms with Gasteiger partial charge in [0.25, 0.3) is 0 Å². The molecule has 0 saturated heterocycles. The molecule has 1 aromatic heterocycles. The van der Waals surface area contributed by atoms with Gasteiger partial charge in [-0.3, -0.25) is 4.79 Å². The zero-order valence-electron chi connectivity index (χ0n) is 11.8. The van der Waals surface area contributed by atoms with Gasteiger partial charge < -0.3 is 10.1 Å². The second-order valence-corrected chi connectivity index (χ2v) is 5.43. The van der Waals surface area contributed by atoms with Crippen LogP contribution in [0.5, 0.6) is 5.75 Å². The second-order valence-electron chi connectivity index (χ2n) is 4.37. The average molecular weight is 324 g/mol.